The van der Waals surface area contributed by atoms with Crippen molar-refractivity contribution in [2.45, 2.75) is 26.3 Å². The number of aliphatic imine (C=N–C) groups is 1. The molecule has 1 aromatic heterocycles. The van der Waals surface area contributed by atoms with Crippen LogP contribution in [0.25, 0.3) is 0 Å². The van der Waals surface area contributed by atoms with Gasteiger partial charge in [-0.2, -0.15) is 0 Å². The Morgan fingerprint density at radius 3 is 2.62 bits per heavy atom. The molecule has 0 amide bonds. The highest BCUT2D eigenvalue weighted by Crippen LogP contribution is 2.30. The number of ether oxygens (including phenoxy) is 2. The van der Waals surface area contributed by atoms with E-state index in [1.807, 2.05) is 56.4 Å². The van der Waals surface area contributed by atoms with Gasteiger partial charge >= 0.3 is 0 Å². The summed E-state index contributed by atoms with van der Waals surface area (Å²) in [5.74, 6) is 2.75. The Morgan fingerprint density at radius 1 is 1.24 bits per heavy atom. The Kier molecular flexibility index (Phi) is 11.8. The van der Waals surface area contributed by atoms with Gasteiger partial charge in [0.15, 0.2) is 17.5 Å². The Labute approximate surface area is 191 Å². The van der Waals surface area contributed by atoms with Crippen molar-refractivity contribution >= 4 is 29.9 Å². The smallest absolute Gasteiger partial charge is 0.219 e. The summed E-state index contributed by atoms with van der Waals surface area (Å²) in [6.45, 7) is 7.86. The van der Waals surface area contributed by atoms with Gasteiger partial charge in [0.1, 0.15) is 0 Å². The molecule has 2 rings (SSSR count). The van der Waals surface area contributed by atoms with Gasteiger partial charge in [0.2, 0.25) is 5.88 Å². The predicted molar refractivity (Wildman–Crippen MR) is 130 cm³/mol. The zero-order valence-corrected chi connectivity index (χ0v) is 19.8. The Morgan fingerprint density at radius 2 is 2.00 bits per heavy atom. The quantitative estimate of drug-likeness (QED) is 0.163. The summed E-state index contributed by atoms with van der Waals surface area (Å²) in [4.78, 5) is 10.8. The van der Waals surface area contributed by atoms with Crippen LogP contribution in [-0.4, -0.2) is 43.1 Å². The minimum atomic E-state index is 0. The number of nitrogens with zero attached hydrogens (tertiary/aromatic N) is 3. The van der Waals surface area contributed by atoms with E-state index < -0.39 is 0 Å². The molecule has 29 heavy (non-hydrogen) atoms. The van der Waals surface area contributed by atoms with Crippen LogP contribution in [-0.2, 0) is 6.54 Å². The number of halogens is 1. The van der Waals surface area contributed by atoms with Crippen LogP contribution in [0, 0.1) is 0 Å². The molecule has 0 bridgehead atoms. The summed E-state index contributed by atoms with van der Waals surface area (Å²) in [6.07, 6.45) is 5.79. The van der Waals surface area contributed by atoms with Crippen LogP contribution >= 0.6 is 24.0 Å². The maximum Gasteiger partial charge on any atom is 0.219 e. The van der Waals surface area contributed by atoms with E-state index >= 15 is 0 Å². The fraction of sp³-hybridized carbons (Fsp3) is 0.364. The number of hydrogen-bond donors (Lipinski definition) is 1. The van der Waals surface area contributed by atoms with Gasteiger partial charge in [-0.15, -0.1) is 30.6 Å². The zero-order valence-electron chi connectivity index (χ0n) is 17.4. The molecule has 0 unspecified atom stereocenters. The number of unbranched alkanes of at least 4 members (excludes halogenated alkanes) is 1. The van der Waals surface area contributed by atoms with Gasteiger partial charge in [-0.25, -0.2) is 4.98 Å². The van der Waals surface area contributed by atoms with E-state index in [1.54, 1.807) is 13.2 Å². The molecule has 7 heteroatoms. The summed E-state index contributed by atoms with van der Waals surface area (Å²) in [6, 6.07) is 11.4. The van der Waals surface area contributed by atoms with E-state index in [0.29, 0.717) is 30.5 Å². The summed E-state index contributed by atoms with van der Waals surface area (Å²) in [7, 11) is 3.82. The summed E-state index contributed by atoms with van der Waals surface area (Å²) >= 11 is 0. The van der Waals surface area contributed by atoms with Crippen molar-refractivity contribution in [3.63, 3.8) is 0 Å². The lowest BCUT2D eigenvalue weighted by Crippen LogP contribution is -2.38. The van der Waals surface area contributed by atoms with Crippen molar-refractivity contribution in [3.8, 4) is 17.4 Å². The molecule has 0 saturated carbocycles. The molecule has 158 valence electrons. The van der Waals surface area contributed by atoms with E-state index in [0.717, 1.165) is 30.9 Å². The summed E-state index contributed by atoms with van der Waals surface area (Å²) < 4.78 is 11.4. The summed E-state index contributed by atoms with van der Waals surface area (Å²) in [5.41, 5.74) is 1.05. The Bertz CT molecular complexity index is 766. The average molecular weight is 510 g/mol. The standard InChI is InChI=1S/C22H30N4O2.HI/c1-5-7-10-15-26(4)22(23-3)25-17-18-13-14-21(24-16-18)28-20-12-9-8-11-19(20)27-6-2;/h5,8-9,11-14,16H,1,6-7,10,15,17H2,2-4H3,(H,23,25);1H. The SMILES string of the molecule is C=CCCCN(C)C(=NC)NCc1ccc(Oc2ccccc2OCC)nc1.I. The maximum absolute atomic E-state index is 5.86. The Balaban J connectivity index is 0.00000420. The highest BCUT2D eigenvalue weighted by atomic mass is 127. The third-order valence-electron chi connectivity index (χ3n) is 4.09. The second-order valence-corrected chi connectivity index (χ2v) is 6.24. The molecule has 0 atom stereocenters. The number of rotatable bonds is 10. The van der Waals surface area contributed by atoms with Gasteiger partial charge in [0, 0.05) is 39.4 Å². The number of nitrogens with one attached hydrogen (secondary N) is 1. The van der Waals surface area contributed by atoms with E-state index in [9.17, 15) is 0 Å². The molecule has 1 heterocycles. The van der Waals surface area contributed by atoms with Gasteiger partial charge in [-0.05, 0) is 37.5 Å². The number of allylic oxidation sites excluding steroid dienone is 1. The minimum absolute atomic E-state index is 0. The largest absolute Gasteiger partial charge is 0.490 e. The van der Waals surface area contributed by atoms with Crippen LogP contribution in [0.4, 0.5) is 0 Å². The first-order chi connectivity index (χ1) is 13.7. The fourth-order valence-corrected chi connectivity index (χ4v) is 2.64. The molecule has 2 aromatic rings. The number of hydrogen-bond acceptors (Lipinski definition) is 4. The third kappa shape index (κ3) is 8.31. The van der Waals surface area contributed by atoms with Crippen molar-refractivity contribution in [1.82, 2.24) is 15.2 Å². The molecule has 0 spiro atoms. The fourth-order valence-electron chi connectivity index (χ4n) is 2.64. The molecule has 0 aliphatic rings. The zero-order chi connectivity index (χ0) is 20.2. The van der Waals surface area contributed by atoms with Gasteiger partial charge in [-0.3, -0.25) is 4.99 Å². The first-order valence-corrected chi connectivity index (χ1v) is 9.55. The minimum Gasteiger partial charge on any atom is -0.490 e. The van der Waals surface area contributed by atoms with E-state index in [4.69, 9.17) is 9.47 Å². The van der Waals surface area contributed by atoms with Crippen molar-refractivity contribution in [1.29, 1.82) is 0 Å². The molecule has 0 aliphatic heterocycles. The third-order valence-corrected chi connectivity index (χ3v) is 4.09. The number of guanidine groups is 1. The van der Waals surface area contributed by atoms with Crippen molar-refractivity contribution in [2.24, 2.45) is 4.99 Å². The van der Waals surface area contributed by atoms with E-state index in [2.05, 4.69) is 26.8 Å². The normalized spacial score (nSPS) is 10.7. The van der Waals surface area contributed by atoms with Gasteiger partial charge in [0.25, 0.3) is 0 Å². The molecule has 6 nitrogen and oxygen atoms in total. The highest BCUT2D eigenvalue weighted by Gasteiger charge is 2.07. The number of benzene rings is 1. The van der Waals surface area contributed by atoms with Crippen LogP contribution in [0.3, 0.4) is 0 Å². The molecule has 0 fully saturated rings. The van der Waals surface area contributed by atoms with Crippen LogP contribution in [0.1, 0.15) is 25.3 Å². The molecular weight excluding hydrogens is 479 g/mol. The van der Waals surface area contributed by atoms with Crippen molar-refractivity contribution in [2.75, 3.05) is 27.2 Å². The van der Waals surface area contributed by atoms with E-state index in [1.165, 1.54) is 0 Å². The topological polar surface area (TPSA) is 59.0 Å². The molecule has 0 radical (unpaired) electrons. The maximum atomic E-state index is 5.86. The number of aromatic nitrogens is 1. The van der Waals surface area contributed by atoms with Crippen molar-refractivity contribution in [3.05, 3.63) is 60.8 Å². The average Bonchev–Trinajstić information content (AvgIpc) is 2.71. The predicted octanol–water partition coefficient (Wildman–Crippen LogP) is 4.86. The Hall–Kier alpha value is -2.29. The molecule has 1 aromatic carbocycles. The van der Waals surface area contributed by atoms with Crippen LogP contribution in [0.15, 0.2) is 60.2 Å². The van der Waals surface area contributed by atoms with Crippen LogP contribution in [0.5, 0.6) is 17.4 Å². The van der Waals surface area contributed by atoms with Crippen LogP contribution in [0.2, 0.25) is 0 Å². The second-order valence-electron chi connectivity index (χ2n) is 6.24. The summed E-state index contributed by atoms with van der Waals surface area (Å²) in [5, 5.41) is 3.36. The molecule has 0 aliphatic carbocycles. The van der Waals surface area contributed by atoms with Gasteiger partial charge in [0.05, 0.1) is 6.61 Å². The molecule has 0 saturated heterocycles. The lowest BCUT2D eigenvalue weighted by molar-refractivity contribution is 0.319. The molecule has 1 N–H and O–H groups in total. The second kappa shape index (κ2) is 13.8. The number of para-hydroxylation sites is 2. The first kappa shape index (κ1) is 24.7. The van der Waals surface area contributed by atoms with Gasteiger partial charge in [-0.1, -0.05) is 24.3 Å². The monoisotopic (exact) mass is 510 g/mol. The van der Waals surface area contributed by atoms with Crippen molar-refractivity contribution < 1.29 is 9.47 Å². The number of pyridine rings is 1. The first-order valence-electron chi connectivity index (χ1n) is 9.55. The van der Waals surface area contributed by atoms with E-state index in [-0.39, 0.29) is 24.0 Å². The lowest BCUT2D eigenvalue weighted by Gasteiger charge is -2.21. The molecular formula is C22H31IN4O2. The lowest BCUT2D eigenvalue weighted by atomic mass is 10.3. The van der Waals surface area contributed by atoms with Crippen LogP contribution < -0.4 is 14.8 Å². The highest BCUT2D eigenvalue weighted by molar-refractivity contribution is 14.0. The van der Waals surface area contributed by atoms with Gasteiger partial charge < -0.3 is 19.7 Å².